The number of Topliss-reactive ketones (excluding diaryl/α,β-unsaturated/α-hetero) is 2. The Morgan fingerprint density at radius 2 is 0.917 bits per heavy atom. The second kappa shape index (κ2) is 11.3. The van der Waals surface area contributed by atoms with Crippen LogP contribution in [0, 0.1) is 11.6 Å². The molecule has 4 rings (SSSR count). The first kappa shape index (κ1) is 24.7. The van der Waals surface area contributed by atoms with Gasteiger partial charge in [0, 0.05) is 35.1 Å². The summed E-state index contributed by atoms with van der Waals surface area (Å²) in [6.07, 6.45) is 0.388. The molecule has 180 valence electrons. The van der Waals surface area contributed by atoms with Gasteiger partial charge in [-0.05, 0) is 59.7 Å². The van der Waals surface area contributed by atoms with Crippen molar-refractivity contribution < 1.29 is 23.2 Å². The van der Waals surface area contributed by atoms with Crippen LogP contribution in [0.5, 0.6) is 0 Å². The van der Waals surface area contributed by atoms with Crippen molar-refractivity contribution in [3.8, 4) is 0 Å². The quantitative estimate of drug-likeness (QED) is 0.161. The van der Waals surface area contributed by atoms with Crippen LogP contribution < -0.4 is 0 Å². The summed E-state index contributed by atoms with van der Waals surface area (Å²) in [5.41, 5.74) is 4.75. The Hall–Kier alpha value is -4.45. The number of halogens is 2. The van der Waals surface area contributed by atoms with Crippen LogP contribution in [-0.2, 0) is 17.7 Å². The predicted molar refractivity (Wildman–Crippen MR) is 134 cm³/mol. The summed E-state index contributed by atoms with van der Waals surface area (Å²) >= 11 is 0. The fourth-order valence-corrected chi connectivity index (χ4v) is 3.77. The van der Waals surface area contributed by atoms with E-state index in [-0.39, 0.29) is 36.0 Å². The highest BCUT2D eigenvalue weighted by molar-refractivity contribution is 6.12. The lowest BCUT2D eigenvalue weighted by Gasteiger charge is -2.09. The van der Waals surface area contributed by atoms with E-state index in [2.05, 4.69) is 5.16 Å². The normalized spacial score (nSPS) is 10.5. The molecule has 0 heterocycles. The van der Waals surface area contributed by atoms with Crippen LogP contribution in [0.15, 0.2) is 102 Å². The number of nitrogens with zero attached hydrogens (tertiary/aromatic N) is 1. The maximum absolute atomic E-state index is 13.1. The monoisotopic (exact) mass is 483 g/mol. The molecule has 0 bridgehead atoms. The molecule has 0 N–H and O–H groups in total. The molecule has 0 fully saturated rings. The zero-order valence-corrected chi connectivity index (χ0v) is 19.6. The standard InChI is InChI=1S/C30H23F2NO3/c1-36-33-30(24-6-2-20(3-7-24)18-28(34)22-10-14-26(31)15-11-22)25-8-4-21(5-9-25)19-29(35)23-12-16-27(32)17-13-23/h2-17H,18-19H2,1H3. The first-order valence-electron chi connectivity index (χ1n) is 11.3. The van der Waals surface area contributed by atoms with Crippen LogP contribution in [0.25, 0.3) is 0 Å². The van der Waals surface area contributed by atoms with Crippen molar-refractivity contribution >= 4 is 17.3 Å². The molecule has 0 saturated heterocycles. The Kier molecular flexibility index (Phi) is 7.75. The zero-order chi connectivity index (χ0) is 25.5. The molecule has 4 nitrogen and oxygen atoms in total. The Bertz CT molecular complexity index is 1270. The molecule has 4 aromatic rings. The average Bonchev–Trinajstić information content (AvgIpc) is 2.89. The van der Waals surface area contributed by atoms with E-state index < -0.39 is 0 Å². The molecule has 6 heteroatoms. The van der Waals surface area contributed by atoms with Crippen LogP contribution in [-0.4, -0.2) is 24.4 Å². The van der Waals surface area contributed by atoms with Gasteiger partial charge < -0.3 is 4.84 Å². The lowest BCUT2D eigenvalue weighted by atomic mass is 9.96. The molecule has 4 aromatic carbocycles. The van der Waals surface area contributed by atoms with Gasteiger partial charge >= 0.3 is 0 Å². The molecule has 0 radical (unpaired) electrons. The molecule has 0 saturated carbocycles. The first-order chi connectivity index (χ1) is 17.4. The number of hydrogen-bond donors (Lipinski definition) is 0. The van der Waals surface area contributed by atoms with Gasteiger partial charge in [-0.15, -0.1) is 0 Å². The van der Waals surface area contributed by atoms with Gasteiger partial charge in [0.05, 0.1) is 0 Å². The van der Waals surface area contributed by atoms with E-state index in [1.807, 2.05) is 48.5 Å². The van der Waals surface area contributed by atoms with E-state index in [0.29, 0.717) is 16.8 Å². The van der Waals surface area contributed by atoms with Crippen molar-refractivity contribution in [2.24, 2.45) is 5.16 Å². The summed E-state index contributed by atoms with van der Waals surface area (Å²) < 4.78 is 26.2. The van der Waals surface area contributed by atoms with E-state index in [9.17, 15) is 18.4 Å². The summed E-state index contributed by atoms with van der Waals surface area (Å²) in [6, 6.07) is 25.8. The maximum atomic E-state index is 13.1. The third-order valence-corrected chi connectivity index (χ3v) is 5.70. The largest absolute Gasteiger partial charge is 0.399 e. The third-order valence-electron chi connectivity index (χ3n) is 5.70. The van der Waals surface area contributed by atoms with Gasteiger partial charge in [-0.25, -0.2) is 8.78 Å². The molecule has 0 aliphatic carbocycles. The van der Waals surface area contributed by atoms with Gasteiger partial charge in [-0.3, -0.25) is 9.59 Å². The summed E-state index contributed by atoms with van der Waals surface area (Å²) in [4.78, 5) is 30.0. The molecule has 36 heavy (non-hydrogen) atoms. The molecule has 0 spiro atoms. The van der Waals surface area contributed by atoms with Gasteiger partial charge in [0.25, 0.3) is 0 Å². The smallest absolute Gasteiger partial charge is 0.167 e. The van der Waals surface area contributed by atoms with Crippen LogP contribution in [0.3, 0.4) is 0 Å². The molecule has 0 amide bonds. The summed E-state index contributed by atoms with van der Waals surface area (Å²) in [6.45, 7) is 0. The van der Waals surface area contributed by atoms with E-state index >= 15 is 0 Å². The van der Waals surface area contributed by atoms with Crippen LogP contribution in [0.4, 0.5) is 8.78 Å². The fourth-order valence-electron chi connectivity index (χ4n) is 3.77. The minimum Gasteiger partial charge on any atom is -0.399 e. The third kappa shape index (κ3) is 6.16. The summed E-state index contributed by atoms with van der Waals surface area (Å²) in [5, 5.41) is 4.17. The minimum absolute atomic E-state index is 0.0979. The number of ketones is 2. The van der Waals surface area contributed by atoms with Crippen LogP contribution >= 0.6 is 0 Å². The molecule has 0 aliphatic rings. The minimum atomic E-state index is -0.381. The number of carbonyl (C=O) groups is 2. The molecule has 0 aromatic heterocycles. The summed E-state index contributed by atoms with van der Waals surface area (Å²) in [7, 11) is 1.46. The number of oxime groups is 1. The van der Waals surface area contributed by atoms with E-state index in [1.54, 1.807) is 0 Å². The molecular formula is C30H23F2NO3. The maximum Gasteiger partial charge on any atom is 0.167 e. The number of hydrogen-bond acceptors (Lipinski definition) is 4. The molecule has 0 unspecified atom stereocenters. The highest BCUT2D eigenvalue weighted by Gasteiger charge is 2.12. The van der Waals surface area contributed by atoms with Crippen molar-refractivity contribution in [1.82, 2.24) is 0 Å². The van der Waals surface area contributed by atoms with E-state index in [0.717, 1.165) is 22.3 Å². The van der Waals surface area contributed by atoms with Crippen molar-refractivity contribution in [3.63, 3.8) is 0 Å². The Morgan fingerprint density at radius 3 is 1.25 bits per heavy atom. The first-order valence-corrected chi connectivity index (χ1v) is 11.3. The average molecular weight is 484 g/mol. The van der Waals surface area contributed by atoms with E-state index in [1.165, 1.54) is 55.6 Å². The van der Waals surface area contributed by atoms with Crippen molar-refractivity contribution in [1.29, 1.82) is 0 Å². The van der Waals surface area contributed by atoms with Crippen molar-refractivity contribution in [2.45, 2.75) is 12.8 Å². The molecule has 0 aliphatic heterocycles. The SMILES string of the molecule is CON=C(c1ccc(CC(=O)c2ccc(F)cc2)cc1)c1ccc(CC(=O)c2ccc(F)cc2)cc1. The lowest BCUT2D eigenvalue weighted by molar-refractivity contribution is 0.0984. The molecule has 0 atom stereocenters. The highest BCUT2D eigenvalue weighted by atomic mass is 19.1. The Balaban J connectivity index is 1.45. The number of benzene rings is 4. The van der Waals surface area contributed by atoms with Gasteiger partial charge in [0.1, 0.15) is 24.5 Å². The topological polar surface area (TPSA) is 55.7 Å². The Labute approximate surface area is 207 Å². The van der Waals surface area contributed by atoms with E-state index in [4.69, 9.17) is 4.84 Å². The fraction of sp³-hybridized carbons (Fsp3) is 0.100. The van der Waals surface area contributed by atoms with Crippen molar-refractivity contribution in [2.75, 3.05) is 7.11 Å². The lowest BCUT2D eigenvalue weighted by Crippen LogP contribution is -2.07. The van der Waals surface area contributed by atoms with Gasteiger partial charge in [-0.2, -0.15) is 0 Å². The van der Waals surface area contributed by atoms with Gasteiger partial charge in [-0.1, -0.05) is 53.7 Å². The second-order valence-corrected chi connectivity index (χ2v) is 8.23. The number of carbonyl (C=O) groups excluding carboxylic acids is 2. The number of rotatable bonds is 9. The van der Waals surface area contributed by atoms with Crippen molar-refractivity contribution in [3.05, 3.63) is 142 Å². The Morgan fingerprint density at radius 1 is 0.583 bits per heavy atom. The summed E-state index contributed by atoms with van der Waals surface area (Å²) in [5.74, 6) is -0.958. The van der Waals surface area contributed by atoms with Gasteiger partial charge in [0.2, 0.25) is 0 Å². The van der Waals surface area contributed by atoms with Crippen LogP contribution in [0.1, 0.15) is 43.0 Å². The van der Waals surface area contributed by atoms with Gasteiger partial charge in [0.15, 0.2) is 11.6 Å². The highest BCUT2D eigenvalue weighted by Crippen LogP contribution is 2.17. The van der Waals surface area contributed by atoms with Crippen LogP contribution in [0.2, 0.25) is 0 Å². The molecular weight excluding hydrogens is 460 g/mol. The predicted octanol–water partition coefficient (Wildman–Crippen LogP) is 6.21. The second-order valence-electron chi connectivity index (χ2n) is 8.23. The zero-order valence-electron chi connectivity index (χ0n) is 19.6.